The summed E-state index contributed by atoms with van der Waals surface area (Å²) >= 11 is 0. The van der Waals surface area contributed by atoms with Gasteiger partial charge in [-0.15, -0.1) is 0 Å². The SMILES string of the molecule is CN(C)CC(C)(O)CNCc1cccc([N+](=O)[O-])c1F. The first-order valence-corrected chi connectivity index (χ1v) is 6.22. The van der Waals surface area contributed by atoms with Crippen molar-refractivity contribution in [2.75, 3.05) is 27.2 Å². The summed E-state index contributed by atoms with van der Waals surface area (Å²) in [6.45, 7) is 2.51. The molecule has 0 radical (unpaired) electrons. The van der Waals surface area contributed by atoms with Crippen LogP contribution in [0.5, 0.6) is 0 Å². The Labute approximate surface area is 117 Å². The van der Waals surface area contributed by atoms with Crippen LogP contribution in [0.15, 0.2) is 18.2 Å². The zero-order valence-electron chi connectivity index (χ0n) is 11.9. The zero-order valence-corrected chi connectivity index (χ0v) is 11.9. The number of nitrogens with one attached hydrogen (secondary N) is 1. The molecule has 0 aliphatic carbocycles. The number of nitrogens with zero attached hydrogens (tertiary/aromatic N) is 2. The van der Waals surface area contributed by atoms with Gasteiger partial charge >= 0.3 is 5.69 Å². The van der Waals surface area contributed by atoms with Gasteiger partial charge in [-0.25, -0.2) is 0 Å². The number of hydrogen-bond acceptors (Lipinski definition) is 5. The van der Waals surface area contributed by atoms with Gasteiger partial charge in [0.25, 0.3) is 0 Å². The molecule has 0 fully saturated rings. The van der Waals surface area contributed by atoms with Crippen molar-refractivity contribution >= 4 is 5.69 Å². The third kappa shape index (κ3) is 4.84. The van der Waals surface area contributed by atoms with Crippen LogP contribution in [0, 0.1) is 15.9 Å². The quantitative estimate of drug-likeness (QED) is 0.580. The molecule has 1 rings (SSSR count). The van der Waals surface area contributed by atoms with Gasteiger partial charge in [0.2, 0.25) is 5.82 Å². The molecule has 1 unspecified atom stereocenters. The topological polar surface area (TPSA) is 78.6 Å². The molecule has 0 aliphatic heterocycles. The normalized spacial score (nSPS) is 14.3. The van der Waals surface area contributed by atoms with Crippen LogP contribution in [-0.2, 0) is 6.54 Å². The third-order valence-corrected chi connectivity index (χ3v) is 2.73. The van der Waals surface area contributed by atoms with Gasteiger partial charge in [-0.3, -0.25) is 10.1 Å². The Bertz CT molecular complexity index is 478. The maximum absolute atomic E-state index is 13.8. The van der Waals surface area contributed by atoms with E-state index in [0.29, 0.717) is 6.54 Å². The Morgan fingerprint density at radius 2 is 2.15 bits per heavy atom. The average Bonchev–Trinajstić information content (AvgIpc) is 2.29. The average molecular weight is 285 g/mol. The summed E-state index contributed by atoms with van der Waals surface area (Å²) < 4.78 is 13.8. The van der Waals surface area contributed by atoms with Crippen LogP contribution in [-0.4, -0.2) is 47.7 Å². The summed E-state index contributed by atoms with van der Waals surface area (Å²) in [4.78, 5) is 11.7. The molecular formula is C13H20FN3O3. The number of nitro benzene ring substituents is 1. The number of aliphatic hydroxyl groups is 1. The van der Waals surface area contributed by atoms with Crippen molar-refractivity contribution in [1.82, 2.24) is 10.2 Å². The van der Waals surface area contributed by atoms with Gasteiger partial charge < -0.3 is 15.3 Å². The number of halogens is 1. The number of hydrogen-bond donors (Lipinski definition) is 2. The molecule has 112 valence electrons. The Balaban J connectivity index is 2.63. The molecule has 0 bridgehead atoms. The number of rotatable bonds is 7. The molecule has 2 N–H and O–H groups in total. The Morgan fingerprint density at radius 1 is 1.50 bits per heavy atom. The van der Waals surface area contributed by atoms with Crippen molar-refractivity contribution in [3.63, 3.8) is 0 Å². The highest BCUT2D eigenvalue weighted by Crippen LogP contribution is 2.20. The molecule has 0 aromatic heterocycles. The first-order chi connectivity index (χ1) is 9.23. The van der Waals surface area contributed by atoms with E-state index in [1.165, 1.54) is 12.1 Å². The van der Waals surface area contributed by atoms with E-state index in [9.17, 15) is 19.6 Å². The first-order valence-electron chi connectivity index (χ1n) is 6.22. The number of nitro groups is 1. The molecule has 0 amide bonds. The second-order valence-electron chi connectivity index (χ2n) is 5.35. The van der Waals surface area contributed by atoms with Gasteiger partial charge in [0.15, 0.2) is 0 Å². The van der Waals surface area contributed by atoms with Gasteiger partial charge in [-0.05, 0) is 21.0 Å². The van der Waals surface area contributed by atoms with Crippen LogP contribution in [0.1, 0.15) is 12.5 Å². The highest BCUT2D eigenvalue weighted by molar-refractivity contribution is 5.36. The standard InChI is InChI=1S/C13H20FN3O3/c1-13(18,9-16(2)3)8-15-7-10-5-4-6-11(12(10)14)17(19)20/h4-6,15,18H,7-9H2,1-3H3. The summed E-state index contributed by atoms with van der Waals surface area (Å²) in [5.74, 6) is -0.836. The Hall–Kier alpha value is -1.57. The molecule has 0 saturated carbocycles. The van der Waals surface area contributed by atoms with Gasteiger partial charge in [-0.2, -0.15) is 4.39 Å². The van der Waals surface area contributed by atoms with Crippen molar-refractivity contribution in [1.29, 1.82) is 0 Å². The highest BCUT2D eigenvalue weighted by Gasteiger charge is 2.22. The van der Waals surface area contributed by atoms with E-state index in [0.717, 1.165) is 6.07 Å². The lowest BCUT2D eigenvalue weighted by Gasteiger charge is -2.27. The molecule has 1 aromatic rings. The van der Waals surface area contributed by atoms with Crippen LogP contribution in [0.3, 0.4) is 0 Å². The monoisotopic (exact) mass is 285 g/mol. The maximum atomic E-state index is 13.8. The fraction of sp³-hybridized carbons (Fsp3) is 0.538. The lowest BCUT2D eigenvalue weighted by Crippen LogP contribution is -2.45. The van der Waals surface area contributed by atoms with E-state index in [2.05, 4.69) is 5.32 Å². The lowest BCUT2D eigenvalue weighted by atomic mass is 10.1. The van der Waals surface area contributed by atoms with E-state index in [1.54, 1.807) is 6.92 Å². The lowest BCUT2D eigenvalue weighted by molar-refractivity contribution is -0.387. The zero-order chi connectivity index (χ0) is 15.3. The molecule has 0 aliphatic rings. The van der Waals surface area contributed by atoms with Crippen molar-refractivity contribution in [2.45, 2.75) is 19.1 Å². The van der Waals surface area contributed by atoms with Gasteiger partial charge in [0, 0.05) is 31.3 Å². The summed E-state index contributed by atoms with van der Waals surface area (Å²) in [6.07, 6.45) is 0. The smallest absolute Gasteiger partial charge is 0.305 e. The molecule has 1 aromatic carbocycles. The van der Waals surface area contributed by atoms with Gasteiger partial charge in [0.05, 0.1) is 10.5 Å². The fourth-order valence-electron chi connectivity index (χ4n) is 2.05. The Morgan fingerprint density at radius 3 is 2.70 bits per heavy atom. The molecule has 7 heteroatoms. The molecule has 0 heterocycles. The van der Waals surface area contributed by atoms with E-state index in [-0.39, 0.29) is 18.7 Å². The fourth-order valence-corrected chi connectivity index (χ4v) is 2.05. The van der Waals surface area contributed by atoms with Crippen molar-refractivity contribution < 1.29 is 14.4 Å². The van der Waals surface area contributed by atoms with E-state index in [4.69, 9.17) is 0 Å². The molecular weight excluding hydrogens is 265 g/mol. The number of likely N-dealkylation sites (N-methyl/N-ethyl adjacent to an activating group) is 1. The van der Waals surface area contributed by atoms with E-state index >= 15 is 0 Å². The minimum absolute atomic E-state index is 0.122. The van der Waals surface area contributed by atoms with Gasteiger partial charge in [0.1, 0.15) is 0 Å². The molecule has 0 spiro atoms. The molecule has 0 saturated heterocycles. The van der Waals surface area contributed by atoms with Crippen molar-refractivity contribution in [3.8, 4) is 0 Å². The highest BCUT2D eigenvalue weighted by atomic mass is 19.1. The largest absolute Gasteiger partial charge is 0.388 e. The van der Waals surface area contributed by atoms with Crippen molar-refractivity contribution in [2.24, 2.45) is 0 Å². The molecule has 1 atom stereocenters. The molecule has 20 heavy (non-hydrogen) atoms. The minimum Gasteiger partial charge on any atom is -0.388 e. The minimum atomic E-state index is -0.958. The summed E-state index contributed by atoms with van der Waals surface area (Å²) in [5, 5.41) is 23.6. The van der Waals surface area contributed by atoms with Crippen molar-refractivity contribution in [3.05, 3.63) is 39.7 Å². The second kappa shape index (κ2) is 6.74. The predicted octanol–water partition coefficient (Wildman–Crippen LogP) is 1.14. The van der Waals surface area contributed by atoms with E-state index < -0.39 is 22.0 Å². The van der Waals surface area contributed by atoms with Crippen LogP contribution in [0.25, 0.3) is 0 Å². The van der Waals surface area contributed by atoms with Crippen LogP contribution < -0.4 is 5.32 Å². The van der Waals surface area contributed by atoms with Crippen LogP contribution in [0.4, 0.5) is 10.1 Å². The predicted molar refractivity (Wildman–Crippen MR) is 73.9 cm³/mol. The second-order valence-corrected chi connectivity index (χ2v) is 5.35. The Kier molecular flexibility index (Phi) is 5.55. The summed E-state index contributed by atoms with van der Waals surface area (Å²) in [5.41, 5.74) is -1.29. The van der Waals surface area contributed by atoms with E-state index in [1.807, 2.05) is 19.0 Å². The first kappa shape index (κ1) is 16.5. The van der Waals surface area contributed by atoms with Crippen LogP contribution in [0.2, 0.25) is 0 Å². The van der Waals surface area contributed by atoms with Gasteiger partial charge in [-0.1, -0.05) is 12.1 Å². The third-order valence-electron chi connectivity index (χ3n) is 2.73. The van der Waals surface area contributed by atoms with Crippen LogP contribution >= 0.6 is 0 Å². The summed E-state index contributed by atoms with van der Waals surface area (Å²) in [6, 6.07) is 4.05. The molecule has 6 nitrogen and oxygen atoms in total. The number of benzene rings is 1. The maximum Gasteiger partial charge on any atom is 0.305 e. The summed E-state index contributed by atoms with van der Waals surface area (Å²) in [7, 11) is 3.68.